The van der Waals surface area contributed by atoms with Gasteiger partial charge in [0.2, 0.25) is 0 Å². The van der Waals surface area contributed by atoms with Crippen LogP contribution in [0.2, 0.25) is 5.02 Å². The van der Waals surface area contributed by atoms with Crippen molar-refractivity contribution in [3.8, 4) is 5.75 Å². The number of benzene rings is 1. The summed E-state index contributed by atoms with van der Waals surface area (Å²) in [6.45, 7) is 2.48. The van der Waals surface area contributed by atoms with Crippen molar-refractivity contribution >= 4 is 22.8 Å². The van der Waals surface area contributed by atoms with Gasteiger partial charge in [0.1, 0.15) is 12.4 Å². The minimum atomic E-state index is -0.403. The van der Waals surface area contributed by atoms with Gasteiger partial charge in [0.15, 0.2) is 11.2 Å². The van der Waals surface area contributed by atoms with Gasteiger partial charge in [-0.15, -0.1) is 0 Å². The fourth-order valence-electron chi connectivity index (χ4n) is 2.82. The van der Waals surface area contributed by atoms with Gasteiger partial charge in [0, 0.05) is 20.6 Å². The molecule has 0 radical (unpaired) electrons. The molecule has 156 valence electrons. The van der Waals surface area contributed by atoms with Crippen molar-refractivity contribution < 1.29 is 14.2 Å². The number of nitrogens with zero attached hydrogens (tertiary/aromatic N) is 4. The fraction of sp³-hybridized carbons (Fsp3) is 0.421. The molecule has 0 N–H and O–H groups in total. The number of halogens is 1. The lowest BCUT2D eigenvalue weighted by Gasteiger charge is -2.09. The molecule has 0 aliphatic carbocycles. The zero-order chi connectivity index (χ0) is 20.8. The summed E-state index contributed by atoms with van der Waals surface area (Å²) >= 11 is 6.00. The van der Waals surface area contributed by atoms with Crippen molar-refractivity contribution in [2.24, 2.45) is 14.1 Å². The second kappa shape index (κ2) is 9.73. The molecule has 0 bridgehead atoms. The first-order chi connectivity index (χ1) is 14.0. The van der Waals surface area contributed by atoms with E-state index in [-0.39, 0.29) is 5.56 Å². The van der Waals surface area contributed by atoms with Crippen molar-refractivity contribution in [2.45, 2.75) is 6.54 Å². The van der Waals surface area contributed by atoms with Gasteiger partial charge in [-0.1, -0.05) is 23.7 Å². The molecule has 1 aromatic carbocycles. The molecule has 2 aromatic heterocycles. The smallest absolute Gasteiger partial charge is 0.332 e. The lowest BCUT2D eigenvalue weighted by Crippen LogP contribution is -2.37. The fourth-order valence-corrected chi connectivity index (χ4v) is 3.01. The maximum atomic E-state index is 12.4. The molecule has 0 spiro atoms. The highest BCUT2D eigenvalue weighted by Crippen LogP contribution is 2.22. The zero-order valence-corrected chi connectivity index (χ0v) is 17.1. The monoisotopic (exact) mass is 422 g/mol. The second-order valence-corrected chi connectivity index (χ2v) is 6.73. The lowest BCUT2D eigenvalue weighted by molar-refractivity contribution is 0.0342. The van der Waals surface area contributed by atoms with E-state index in [0.717, 1.165) is 4.57 Å². The van der Waals surface area contributed by atoms with E-state index < -0.39 is 5.69 Å². The predicted molar refractivity (Wildman–Crippen MR) is 109 cm³/mol. The quantitative estimate of drug-likeness (QED) is 0.456. The van der Waals surface area contributed by atoms with E-state index in [1.54, 1.807) is 23.7 Å². The third-order valence-corrected chi connectivity index (χ3v) is 4.70. The normalized spacial score (nSPS) is 11.3. The Labute approximate surface area is 172 Å². The molecule has 29 heavy (non-hydrogen) atoms. The second-order valence-electron chi connectivity index (χ2n) is 6.32. The Balaban J connectivity index is 1.38. The molecule has 3 rings (SSSR count). The van der Waals surface area contributed by atoms with Crippen LogP contribution in [-0.4, -0.2) is 51.7 Å². The number of imidazole rings is 1. The first-order valence-electron chi connectivity index (χ1n) is 9.14. The molecular formula is C19H23ClN4O5. The van der Waals surface area contributed by atoms with Crippen molar-refractivity contribution in [2.75, 3.05) is 33.0 Å². The van der Waals surface area contributed by atoms with Gasteiger partial charge in [-0.2, -0.15) is 0 Å². The molecule has 0 aliphatic rings. The number of rotatable bonds is 10. The first-order valence-corrected chi connectivity index (χ1v) is 9.52. The molecule has 0 aliphatic heterocycles. The van der Waals surface area contributed by atoms with Crippen LogP contribution in [0, 0.1) is 0 Å². The largest absolute Gasteiger partial charge is 0.490 e. The minimum Gasteiger partial charge on any atom is -0.490 e. The van der Waals surface area contributed by atoms with Gasteiger partial charge < -0.3 is 18.8 Å². The maximum absolute atomic E-state index is 12.4. The number of para-hydroxylation sites is 1. The van der Waals surface area contributed by atoms with Crippen LogP contribution < -0.4 is 16.0 Å². The first kappa shape index (κ1) is 21.1. The molecule has 0 fully saturated rings. The highest BCUT2D eigenvalue weighted by molar-refractivity contribution is 6.32. The van der Waals surface area contributed by atoms with Crippen LogP contribution in [0.4, 0.5) is 0 Å². The van der Waals surface area contributed by atoms with E-state index in [4.69, 9.17) is 25.8 Å². The topological polar surface area (TPSA) is 89.5 Å². The summed E-state index contributed by atoms with van der Waals surface area (Å²) < 4.78 is 20.7. The Hall–Kier alpha value is -2.62. The van der Waals surface area contributed by atoms with E-state index in [1.165, 1.54) is 17.9 Å². The Bertz CT molecular complexity index is 1090. The van der Waals surface area contributed by atoms with E-state index in [9.17, 15) is 9.59 Å². The standard InChI is InChI=1S/C19H23ClN4O5/c1-22-17-16(18(25)23(2)19(22)26)24(13-21-17)7-8-27-9-10-28-11-12-29-15-6-4-3-5-14(15)20/h3-6,13H,7-12H2,1-2H3. The predicted octanol–water partition coefficient (Wildman–Crippen LogP) is 1.20. The van der Waals surface area contributed by atoms with E-state index in [1.807, 2.05) is 12.1 Å². The molecule has 0 unspecified atom stereocenters. The molecule has 0 atom stereocenters. The number of hydrogen-bond donors (Lipinski definition) is 0. The Morgan fingerprint density at radius 2 is 1.66 bits per heavy atom. The number of fused-ring (bicyclic) bond motifs is 1. The SMILES string of the molecule is Cn1c(=O)c2c(ncn2CCOCCOCCOc2ccccc2Cl)n(C)c1=O. The van der Waals surface area contributed by atoms with E-state index in [2.05, 4.69) is 4.98 Å². The van der Waals surface area contributed by atoms with Crippen molar-refractivity contribution in [3.63, 3.8) is 0 Å². The molecule has 10 heteroatoms. The lowest BCUT2D eigenvalue weighted by atomic mass is 10.3. The van der Waals surface area contributed by atoms with Crippen LogP contribution in [0.15, 0.2) is 40.2 Å². The highest BCUT2D eigenvalue weighted by Gasteiger charge is 2.13. The summed E-state index contributed by atoms with van der Waals surface area (Å²) in [5.41, 5.74) is -0.0340. The van der Waals surface area contributed by atoms with E-state index >= 15 is 0 Å². The van der Waals surface area contributed by atoms with Crippen LogP contribution in [0.1, 0.15) is 0 Å². The molecule has 9 nitrogen and oxygen atoms in total. The summed E-state index contributed by atoms with van der Waals surface area (Å²) in [5.74, 6) is 0.630. The molecule has 0 amide bonds. The van der Waals surface area contributed by atoms with Crippen molar-refractivity contribution in [1.82, 2.24) is 18.7 Å². The van der Waals surface area contributed by atoms with Gasteiger partial charge in [0.05, 0.1) is 37.8 Å². The highest BCUT2D eigenvalue weighted by atomic mass is 35.5. The molecular weight excluding hydrogens is 400 g/mol. The summed E-state index contributed by atoms with van der Waals surface area (Å²) in [6, 6.07) is 7.27. The van der Waals surface area contributed by atoms with Crippen molar-refractivity contribution in [3.05, 3.63) is 56.5 Å². The Kier molecular flexibility index (Phi) is 7.08. The number of aromatic nitrogens is 4. The molecule has 2 heterocycles. The van der Waals surface area contributed by atoms with Gasteiger partial charge in [-0.05, 0) is 12.1 Å². The Morgan fingerprint density at radius 1 is 0.966 bits per heavy atom. The molecule has 0 saturated carbocycles. The summed E-state index contributed by atoms with van der Waals surface area (Å²) in [5, 5.41) is 0.567. The third-order valence-electron chi connectivity index (χ3n) is 4.39. The summed E-state index contributed by atoms with van der Waals surface area (Å²) in [7, 11) is 3.04. The van der Waals surface area contributed by atoms with Gasteiger partial charge in [-0.25, -0.2) is 9.78 Å². The minimum absolute atomic E-state index is 0.361. The number of hydrogen-bond acceptors (Lipinski definition) is 6. The molecule has 3 aromatic rings. The van der Waals surface area contributed by atoms with Crippen molar-refractivity contribution in [1.29, 1.82) is 0 Å². The number of aryl methyl sites for hydroxylation is 1. The summed E-state index contributed by atoms with van der Waals surface area (Å²) in [6.07, 6.45) is 1.54. The Morgan fingerprint density at radius 3 is 2.41 bits per heavy atom. The van der Waals surface area contributed by atoms with Gasteiger partial charge in [-0.3, -0.25) is 13.9 Å². The summed E-state index contributed by atoms with van der Waals surface area (Å²) in [4.78, 5) is 28.5. The van der Waals surface area contributed by atoms with Crippen LogP contribution in [-0.2, 0) is 30.1 Å². The molecule has 0 saturated heterocycles. The van der Waals surface area contributed by atoms with Crippen LogP contribution in [0.25, 0.3) is 11.2 Å². The van der Waals surface area contributed by atoms with Crippen LogP contribution in [0.5, 0.6) is 5.75 Å². The average molecular weight is 423 g/mol. The average Bonchev–Trinajstić information content (AvgIpc) is 3.14. The number of ether oxygens (including phenoxy) is 3. The van der Waals surface area contributed by atoms with E-state index in [0.29, 0.717) is 61.5 Å². The van der Waals surface area contributed by atoms with Gasteiger partial charge >= 0.3 is 5.69 Å². The van der Waals surface area contributed by atoms with Crippen LogP contribution >= 0.6 is 11.6 Å². The maximum Gasteiger partial charge on any atom is 0.332 e. The van der Waals surface area contributed by atoms with Crippen LogP contribution in [0.3, 0.4) is 0 Å². The third kappa shape index (κ3) is 4.87. The zero-order valence-electron chi connectivity index (χ0n) is 16.3. The van der Waals surface area contributed by atoms with Gasteiger partial charge in [0.25, 0.3) is 5.56 Å².